The Kier molecular flexibility index (Phi) is 0.969. The van der Waals surface area contributed by atoms with E-state index in [0.29, 0.717) is 0 Å². The van der Waals surface area contributed by atoms with Gasteiger partial charge in [-0.2, -0.15) is 0 Å². The van der Waals surface area contributed by atoms with Crippen molar-refractivity contribution >= 4 is 5.82 Å². The van der Waals surface area contributed by atoms with Crippen LogP contribution in [0.1, 0.15) is 2.74 Å². The molecule has 0 saturated heterocycles. The minimum atomic E-state index is -1.36. The lowest BCUT2D eigenvalue weighted by atomic mass is 10.4. The van der Waals surface area contributed by atoms with Crippen LogP contribution in [0.15, 0.2) is 18.3 Å². The van der Waals surface area contributed by atoms with Gasteiger partial charge >= 0.3 is 0 Å². The number of rotatable bonds is 1. The number of hydrogen-bond acceptors (Lipinski definition) is 3. The van der Waals surface area contributed by atoms with Crippen molar-refractivity contribution in [2.24, 2.45) is 0 Å². The van der Waals surface area contributed by atoms with E-state index in [1.165, 1.54) is 6.20 Å². The lowest BCUT2D eigenvalue weighted by Crippen LogP contribution is -1.93. The lowest BCUT2D eigenvalue weighted by molar-refractivity contribution is 0.415. The first-order valence-electron chi connectivity index (χ1n) is 3.57. The van der Waals surface area contributed by atoms with Crippen LogP contribution < -0.4 is 10.5 Å². The third-order valence-corrected chi connectivity index (χ3v) is 0.927. The maximum atomic E-state index is 6.77. The van der Waals surface area contributed by atoms with Gasteiger partial charge in [-0.3, -0.25) is 0 Å². The molecule has 0 saturated carbocycles. The van der Waals surface area contributed by atoms with Crippen LogP contribution in [0.3, 0.4) is 0 Å². The number of nitrogen functional groups attached to an aromatic ring is 1. The fourth-order valence-corrected chi connectivity index (χ4v) is 0.502. The van der Waals surface area contributed by atoms with E-state index in [2.05, 4.69) is 4.98 Å². The van der Waals surface area contributed by atoms with E-state index in [1.807, 2.05) is 0 Å². The Bertz CT molecular complexity index is 242. The Morgan fingerprint density at radius 2 is 2.78 bits per heavy atom. The molecule has 0 aromatic carbocycles. The molecule has 0 spiro atoms. The molecule has 0 atom stereocenters. The fourth-order valence-electron chi connectivity index (χ4n) is 0.502. The molecule has 0 radical (unpaired) electrons. The minimum Gasteiger partial charge on any atom is -0.493 e. The van der Waals surface area contributed by atoms with Gasteiger partial charge in [-0.25, -0.2) is 4.98 Å². The Morgan fingerprint density at radius 3 is 3.44 bits per heavy atom. The van der Waals surface area contributed by atoms with E-state index < -0.39 is 7.06 Å². The van der Waals surface area contributed by atoms with Gasteiger partial charge in [0.05, 0.1) is 9.80 Å². The molecule has 2 N–H and O–H groups in total. The van der Waals surface area contributed by atoms with Gasteiger partial charge in [-0.05, 0) is 12.1 Å². The summed E-state index contributed by atoms with van der Waals surface area (Å²) in [4.78, 5) is 3.72. The Hall–Kier alpha value is -1.25. The van der Waals surface area contributed by atoms with E-state index in [4.69, 9.17) is 13.2 Å². The predicted molar refractivity (Wildman–Crippen MR) is 35.2 cm³/mol. The van der Waals surface area contributed by atoms with Gasteiger partial charge in [-0.1, -0.05) is 0 Å². The average Bonchev–Trinajstić information content (AvgIpc) is 1.93. The highest BCUT2D eigenvalue weighted by Gasteiger charge is 1.93. The summed E-state index contributed by atoms with van der Waals surface area (Å²) in [6.07, 6.45) is 1.52. The first-order valence-corrected chi connectivity index (χ1v) is 2.42. The van der Waals surface area contributed by atoms with Crippen LogP contribution in [0.4, 0.5) is 5.82 Å². The van der Waals surface area contributed by atoms with E-state index in [9.17, 15) is 0 Å². The minimum absolute atomic E-state index is 0.206. The third-order valence-electron chi connectivity index (χ3n) is 0.927. The van der Waals surface area contributed by atoms with Crippen molar-refractivity contribution in [2.45, 2.75) is 0 Å². The molecular formula is C6H8N2O. The number of anilines is 1. The quantitative estimate of drug-likeness (QED) is 0.601. The molecule has 3 heteroatoms. The number of hydrogen-bond donors (Lipinski definition) is 1. The Labute approximate surface area is 56.3 Å². The zero-order valence-corrected chi connectivity index (χ0v) is 4.74. The summed E-state index contributed by atoms with van der Waals surface area (Å²) in [5.41, 5.74) is 5.37. The van der Waals surface area contributed by atoms with Gasteiger partial charge in [0.15, 0.2) is 11.6 Å². The van der Waals surface area contributed by atoms with E-state index in [0.717, 1.165) is 0 Å². The molecule has 0 unspecified atom stereocenters. The summed E-state index contributed by atoms with van der Waals surface area (Å²) in [5.74, 6) is 0.486. The highest BCUT2D eigenvalue weighted by molar-refractivity contribution is 5.44. The first-order chi connectivity index (χ1) is 5.20. The molecular weight excluding hydrogens is 116 g/mol. The number of aromatic nitrogens is 1. The summed E-state index contributed by atoms with van der Waals surface area (Å²) in [7, 11) is -1.36. The Balaban J connectivity index is 2.78. The molecule has 0 aliphatic rings. The molecule has 48 valence electrons. The molecule has 1 aromatic heterocycles. The number of methoxy groups -OCH3 is 1. The van der Waals surface area contributed by atoms with Crippen LogP contribution in [0.5, 0.6) is 5.75 Å². The van der Waals surface area contributed by atoms with Gasteiger partial charge in [0.25, 0.3) is 0 Å². The fraction of sp³-hybridized carbons (Fsp3) is 0.167. The van der Waals surface area contributed by atoms with Gasteiger partial charge in [0.2, 0.25) is 0 Å². The second-order valence-electron chi connectivity index (χ2n) is 1.50. The standard InChI is InChI=1S/C6H8N2O/c1-9-5-3-2-4-8-6(5)7/h2-4H,1H3,(H2,7,8)/i1D2. The summed E-state index contributed by atoms with van der Waals surface area (Å²) >= 11 is 0. The highest BCUT2D eigenvalue weighted by atomic mass is 16.5. The highest BCUT2D eigenvalue weighted by Crippen LogP contribution is 2.14. The zero-order chi connectivity index (χ0) is 8.27. The number of nitrogens with two attached hydrogens (primary N) is 1. The summed E-state index contributed by atoms with van der Waals surface area (Å²) in [6.45, 7) is 0. The normalized spacial score (nSPS) is 12.6. The topological polar surface area (TPSA) is 48.1 Å². The van der Waals surface area contributed by atoms with Crippen LogP contribution in [0.2, 0.25) is 0 Å². The van der Waals surface area contributed by atoms with Crippen LogP contribution in [-0.2, 0) is 0 Å². The Morgan fingerprint density at radius 1 is 1.89 bits per heavy atom. The van der Waals surface area contributed by atoms with Crippen molar-refractivity contribution in [2.75, 3.05) is 12.8 Å². The molecule has 0 fully saturated rings. The van der Waals surface area contributed by atoms with Gasteiger partial charge in [0.1, 0.15) is 0 Å². The smallest absolute Gasteiger partial charge is 0.166 e. The molecule has 1 heterocycles. The maximum absolute atomic E-state index is 6.77. The van der Waals surface area contributed by atoms with Crippen molar-refractivity contribution in [3.05, 3.63) is 18.3 Å². The van der Waals surface area contributed by atoms with Crippen molar-refractivity contribution < 1.29 is 7.48 Å². The van der Waals surface area contributed by atoms with Crippen molar-refractivity contribution in [1.82, 2.24) is 4.98 Å². The SMILES string of the molecule is [2H]C([2H])Oc1cccnc1N. The molecule has 1 aromatic rings. The van der Waals surface area contributed by atoms with Crippen molar-refractivity contribution in [3.8, 4) is 5.75 Å². The summed E-state index contributed by atoms with van der Waals surface area (Å²) in [6, 6.07) is 3.20. The predicted octanol–water partition coefficient (Wildman–Crippen LogP) is 0.672. The number of pyridine rings is 1. The molecule has 0 aliphatic heterocycles. The molecule has 3 nitrogen and oxygen atoms in total. The van der Waals surface area contributed by atoms with E-state index in [1.54, 1.807) is 12.1 Å². The molecule has 1 rings (SSSR count). The van der Waals surface area contributed by atoms with Gasteiger partial charge in [0, 0.05) is 6.20 Å². The largest absolute Gasteiger partial charge is 0.493 e. The lowest BCUT2D eigenvalue weighted by Gasteiger charge is -1.99. The van der Waals surface area contributed by atoms with Gasteiger partial charge in [-0.15, -0.1) is 0 Å². The summed E-state index contributed by atoms with van der Waals surface area (Å²) in [5, 5.41) is 0. The maximum Gasteiger partial charge on any atom is 0.166 e. The second kappa shape index (κ2) is 2.35. The monoisotopic (exact) mass is 126 g/mol. The molecule has 0 bridgehead atoms. The van der Waals surface area contributed by atoms with Gasteiger partial charge < -0.3 is 10.5 Å². The van der Waals surface area contributed by atoms with E-state index in [-0.39, 0.29) is 11.6 Å². The zero-order valence-electron chi connectivity index (χ0n) is 6.74. The third kappa shape index (κ3) is 1.10. The van der Waals surface area contributed by atoms with Crippen LogP contribution >= 0.6 is 0 Å². The molecule has 9 heavy (non-hydrogen) atoms. The van der Waals surface area contributed by atoms with Crippen molar-refractivity contribution in [3.63, 3.8) is 0 Å². The first kappa shape index (κ1) is 3.71. The molecule has 0 amide bonds. The molecule has 0 aliphatic carbocycles. The van der Waals surface area contributed by atoms with Crippen LogP contribution in [-0.4, -0.2) is 12.0 Å². The number of nitrogens with zero attached hydrogens (tertiary/aromatic N) is 1. The van der Waals surface area contributed by atoms with Crippen molar-refractivity contribution in [1.29, 1.82) is 0 Å². The second-order valence-corrected chi connectivity index (χ2v) is 1.50. The van der Waals surface area contributed by atoms with Crippen LogP contribution in [0.25, 0.3) is 0 Å². The summed E-state index contributed by atoms with van der Waals surface area (Å²) < 4.78 is 18.2. The number of ether oxygens (including phenoxy) is 1. The van der Waals surface area contributed by atoms with Crippen LogP contribution in [0, 0.1) is 0 Å². The van der Waals surface area contributed by atoms with E-state index >= 15 is 0 Å². The average molecular weight is 126 g/mol.